The van der Waals surface area contributed by atoms with Gasteiger partial charge in [-0.25, -0.2) is 8.78 Å². The van der Waals surface area contributed by atoms with Gasteiger partial charge in [-0.05, 0) is 38.0 Å². The minimum atomic E-state index is -0.913. The average Bonchev–Trinajstić information content (AvgIpc) is 2.30. The third-order valence-corrected chi connectivity index (χ3v) is 2.65. The van der Waals surface area contributed by atoms with E-state index in [4.69, 9.17) is 5.73 Å². The van der Waals surface area contributed by atoms with E-state index < -0.39 is 11.6 Å². The highest BCUT2D eigenvalue weighted by Crippen LogP contribution is 2.16. The number of nitrogens with one attached hydrogen (secondary N) is 1. The van der Waals surface area contributed by atoms with Crippen molar-refractivity contribution in [3.63, 3.8) is 0 Å². The third-order valence-electron chi connectivity index (χ3n) is 2.65. The van der Waals surface area contributed by atoms with Gasteiger partial charge in [-0.3, -0.25) is 4.79 Å². The molecule has 18 heavy (non-hydrogen) atoms. The quantitative estimate of drug-likeness (QED) is 0.849. The number of nitrogens with two attached hydrogens (primary N) is 1. The summed E-state index contributed by atoms with van der Waals surface area (Å²) < 4.78 is 25.8. The Labute approximate surface area is 105 Å². The number of rotatable bonds is 5. The molecule has 0 heterocycles. The summed E-state index contributed by atoms with van der Waals surface area (Å²) in [6, 6.07) is 3.20. The van der Waals surface area contributed by atoms with Crippen LogP contribution in [0.2, 0.25) is 0 Å². The minimum Gasteiger partial charge on any atom is -0.350 e. The van der Waals surface area contributed by atoms with Gasteiger partial charge in [0.2, 0.25) is 5.91 Å². The Bertz CT molecular complexity index is 421. The van der Waals surface area contributed by atoms with Gasteiger partial charge in [-0.2, -0.15) is 0 Å². The Morgan fingerprint density at radius 3 is 2.56 bits per heavy atom. The summed E-state index contributed by atoms with van der Waals surface area (Å²) in [5.41, 5.74) is 6.08. The van der Waals surface area contributed by atoms with Crippen molar-refractivity contribution in [3.8, 4) is 0 Å². The number of benzene rings is 1. The molecule has 100 valence electrons. The van der Waals surface area contributed by atoms with Gasteiger partial charge in [0, 0.05) is 12.5 Å². The second kappa shape index (κ2) is 6.44. The molecule has 2 atom stereocenters. The van der Waals surface area contributed by atoms with E-state index in [-0.39, 0.29) is 18.0 Å². The summed E-state index contributed by atoms with van der Waals surface area (Å²) in [4.78, 5) is 11.5. The molecule has 0 bridgehead atoms. The van der Waals surface area contributed by atoms with E-state index in [0.29, 0.717) is 18.4 Å². The maximum Gasteiger partial charge on any atom is 0.220 e. The van der Waals surface area contributed by atoms with E-state index in [1.165, 1.54) is 6.07 Å². The first kappa shape index (κ1) is 14.6. The standard InChI is InChI=1S/C13H18F2N2O/c1-8(16)3-6-13(18)17-9(2)10-4-5-11(14)12(15)7-10/h4-5,7-9H,3,6,16H2,1-2H3,(H,17,18). The first-order chi connectivity index (χ1) is 8.40. The van der Waals surface area contributed by atoms with Crippen LogP contribution in [0.25, 0.3) is 0 Å². The summed E-state index contributed by atoms with van der Waals surface area (Å²) >= 11 is 0. The largest absolute Gasteiger partial charge is 0.350 e. The maximum absolute atomic E-state index is 13.0. The van der Waals surface area contributed by atoms with Gasteiger partial charge in [0.15, 0.2) is 11.6 Å². The first-order valence-electron chi connectivity index (χ1n) is 5.90. The Hall–Kier alpha value is -1.49. The van der Waals surface area contributed by atoms with Gasteiger partial charge >= 0.3 is 0 Å². The van der Waals surface area contributed by atoms with Gasteiger partial charge < -0.3 is 11.1 Å². The van der Waals surface area contributed by atoms with Crippen LogP contribution in [-0.4, -0.2) is 11.9 Å². The van der Waals surface area contributed by atoms with Crippen LogP contribution in [0, 0.1) is 11.6 Å². The van der Waals surface area contributed by atoms with Gasteiger partial charge in [-0.1, -0.05) is 6.07 Å². The van der Waals surface area contributed by atoms with Crippen molar-refractivity contribution in [1.82, 2.24) is 5.32 Å². The third kappa shape index (κ3) is 4.41. The molecule has 1 amide bonds. The summed E-state index contributed by atoms with van der Waals surface area (Å²) in [5, 5.41) is 2.71. The zero-order chi connectivity index (χ0) is 13.7. The zero-order valence-corrected chi connectivity index (χ0v) is 10.5. The molecule has 0 fully saturated rings. The van der Waals surface area contributed by atoms with E-state index in [1.807, 2.05) is 6.92 Å². The number of hydrogen-bond donors (Lipinski definition) is 2. The highest BCUT2D eigenvalue weighted by atomic mass is 19.2. The van der Waals surface area contributed by atoms with Crippen LogP contribution < -0.4 is 11.1 Å². The average molecular weight is 256 g/mol. The normalized spacial score (nSPS) is 14.1. The predicted molar refractivity (Wildman–Crippen MR) is 65.8 cm³/mol. The molecule has 1 rings (SSSR count). The molecule has 0 aliphatic heterocycles. The van der Waals surface area contributed by atoms with E-state index >= 15 is 0 Å². The molecule has 1 aromatic rings. The smallest absolute Gasteiger partial charge is 0.220 e. The van der Waals surface area contributed by atoms with E-state index in [1.54, 1.807) is 6.92 Å². The molecule has 1 aromatic carbocycles. The number of hydrogen-bond acceptors (Lipinski definition) is 2. The number of carbonyl (C=O) groups is 1. The van der Waals surface area contributed by atoms with Crippen LogP contribution in [-0.2, 0) is 4.79 Å². The van der Waals surface area contributed by atoms with Crippen LogP contribution in [0.5, 0.6) is 0 Å². The molecule has 0 aliphatic rings. The number of halogens is 2. The highest BCUT2D eigenvalue weighted by Gasteiger charge is 2.12. The molecule has 0 saturated heterocycles. The van der Waals surface area contributed by atoms with Gasteiger partial charge in [-0.15, -0.1) is 0 Å². The van der Waals surface area contributed by atoms with Crippen molar-refractivity contribution in [3.05, 3.63) is 35.4 Å². The molecule has 0 radical (unpaired) electrons. The summed E-state index contributed by atoms with van der Waals surface area (Å²) in [5.74, 6) is -1.96. The predicted octanol–water partition coefficient (Wildman–Crippen LogP) is 2.27. The topological polar surface area (TPSA) is 55.1 Å². The Morgan fingerprint density at radius 2 is 2.00 bits per heavy atom. The van der Waals surface area contributed by atoms with Gasteiger partial charge in [0.25, 0.3) is 0 Å². The van der Waals surface area contributed by atoms with Gasteiger partial charge in [0.05, 0.1) is 6.04 Å². The number of amides is 1. The molecule has 3 nitrogen and oxygen atoms in total. The molecular formula is C13H18F2N2O. The van der Waals surface area contributed by atoms with Crippen LogP contribution in [0.3, 0.4) is 0 Å². The van der Waals surface area contributed by atoms with Crippen molar-refractivity contribution in [2.45, 2.75) is 38.8 Å². The lowest BCUT2D eigenvalue weighted by Gasteiger charge is -2.15. The molecule has 0 aliphatic carbocycles. The van der Waals surface area contributed by atoms with E-state index in [0.717, 1.165) is 12.1 Å². The minimum absolute atomic E-state index is 0.0330. The molecule has 5 heteroatoms. The first-order valence-corrected chi connectivity index (χ1v) is 5.90. The van der Waals surface area contributed by atoms with Crippen LogP contribution >= 0.6 is 0 Å². The lowest BCUT2D eigenvalue weighted by atomic mass is 10.1. The van der Waals surface area contributed by atoms with Crippen molar-refractivity contribution < 1.29 is 13.6 Å². The summed E-state index contributed by atoms with van der Waals surface area (Å²) in [7, 11) is 0. The van der Waals surface area contributed by atoms with E-state index in [2.05, 4.69) is 5.32 Å². The fourth-order valence-electron chi connectivity index (χ4n) is 1.54. The SMILES string of the molecule is CC(N)CCC(=O)NC(C)c1ccc(F)c(F)c1. The maximum atomic E-state index is 13.0. The van der Waals surface area contributed by atoms with Crippen molar-refractivity contribution in [1.29, 1.82) is 0 Å². The second-order valence-corrected chi connectivity index (χ2v) is 4.48. The van der Waals surface area contributed by atoms with Crippen molar-refractivity contribution in [2.75, 3.05) is 0 Å². The lowest BCUT2D eigenvalue weighted by Crippen LogP contribution is -2.28. The monoisotopic (exact) mass is 256 g/mol. The molecule has 2 unspecified atom stereocenters. The molecule has 0 aromatic heterocycles. The zero-order valence-electron chi connectivity index (χ0n) is 10.5. The molecular weight excluding hydrogens is 238 g/mol. The molecule has 3 N–H and O–H groups in total. The summed E-state index contributed by atoms with van der Waals surface area (Å²) in [6.07, 6.45) is 0.919. The Kier molecular flexibility index (Phi) is 5.22. The number of carbonyl (C=O) groups excluding carboxylic acids is 1. The van der Waals surface area contributed by atoms with Crippen LogP contribution in [0.15, 0.2) is 18.2 Å². The molecule has 0 spiro atoms. The molecule has 0 saturated carbocycles. The Morgan fingerprint density at radius 1 is 1.33 bits per heavy atom. The fraction of sp³-hybridized carbons (Fsp3) is 0.462. The van der Waals surface area contributed by atoms with Crippen molar-refractivity contribution in [2.24, 2.45) is 5.73 Å². The van der Waals surface area contributed by atoms with Crippen LogP contribution in [0.4, 0.5) is 8.78 Å². The summed E-state index contributed by atoms with van der Waals surface area (Å²) in [6.45, 7) is 3.54. The van der Waals surface area contributed by atoms with Crippen molar-refractivity contribution >= 4 is 5.91 Å². The van der Waals surface area contributed by atoms with Gasteiger partial charge in [0.1, 0.15) is 0 Å². The van der Waals surface area contributed by atoms with Crippen LogP contribution in [0.1, 0.15) is 38.3 Å². The van der Waals surface area contributed by atoms with E-state index in [9.17, 15) is 13.6 Å². The Balaban J connectivity index is 2.56. The fourth-order valence-corrected chi connectivity index (χ4v) is 1.54. The highest BCUT2D eigenvalue weighted by molar-refractivity contribution is 5.76. The second-order valence-electron chi connectivity index (χ2n) is 4.48. The lowest BCUT2D eigenvalue weighted by molar-refractivity contribution is -0.121.